The fourth-order valence-electron chi connectivity index (χ4n) is 3.01. The van der Waals surface area contributed by atoms with Gasteiger partial charge in [0.25, 0.3) is 11.8 Å². The van der Waals surface area contributed by atoms with Crippen molar-refractivity contribution in [2.75, 3.05) is 12.4 Å². The highest BCUT2D eigenvalue weighted by molar-refractivity contribution is 5.97. The quantitative estimate of drug-likeness (QED) is 0.561. The number of para-hydroxylation sites is 2. The van der Waals surface area contributed by atoms with Crippen LogP contribution >= 0.6 is 0 Å². The van der Waals surface area contributed by atoms with Crippen LogP contribution in [0.25, 0.3) is 0 Å². The van der Waals surface area contributed by atoms with Crippen LogP contribution in [0.2, 0.25) is 0 Å². The molecule has 0 bridgehead atoms. The molecular weight excluding hydrogens is 392 g/mol. The number of carbonyl (C=O) groups is 2. The minimum absolute atomic E-state index is 0.110. The Labute approximate surface area is 182 Å². The van der Waals surface area contributed by atoms with Crippen molar-refractivity contribution in [3.63, 3.8) is 0 Å². The van der Waals surface area contributed by atoms with E-state index in [-0.39, 0.29) is 17.9 Å². The maximum absolute atomic E-state index is 12.5. The summed E-state index contributed by atoms with van der Waals surface area (Å²) in [5.74, 6) is 0.567. The van der Waals surface area contributed by atoms with Crippen LogP contribution in [0.3, 0.4) is 0 Å². The molecule has 3 rings (SSSR count). The van der Waals surface area contributed by atoms with E-state index in [1.54, 1.807) is 50.4 Å². The molecule has 0 saturated heterocycles. The van der Waals surface area contributed by atoms with Crippen molar-refractivity contribution in [1.29, 1.82) is 0 Å². The number of hydrogen-bond acceptors (Lipinski definition) is 4. The summed E-state index contributed by atoms with van der Waals surface area (Å²) in [6.07, 6.45) is -0.731. The number of ether oxygens (including phenoxy) is 2. The average Bonchev–Trinajstić information content (AvgIpc) is 2.80. The number of hydrogen-bond donors (Lipinski definition) is 2. The van der Waals surface area contributed by atoms with Crippen LogP contribution in [0.4, 0.5) is 5.69 Å². The van der Waals surface area contributed by atoms with E-state index in [0.717, 1.165) is 5.56 Å². The second-order valence-electron chi connectivity index (χ2n) is 7.08. The van der Waals surface area contributed by atoms with Gasteiger partial charge in [0.15, 0.2) is 17.6 Å². The van der Waals surface area contributed by atoms with Gasteiger partial charge in [-0.2, -0.15) is 0 Å². The van der Waals surface area contributed by atoms with Gasteiger partial charge in [0.1, 0.15) is 0 Å². The maximum atomic E-state index is 12.5. The van der Waals surface area contributed by atoms with E-state index in [2.05, 4.69) is 10.6 Å². The molecule has 0 radical (unpaired) electrons. The van der Waals surface area contributed by atoms with Crippen LogP contribution in [0.15, 0.2) is 78.9 Å². The van der Waals surface area contributed by atoms with Crippen molar-refractivity contribution in [2.24, 2.45) is 0 Å². The van der Waals surface area contributed by atoms with E-state index in [0.29, 0.717) is 22.7 Å². The van der Waals surface area contributed by atoms with Gasteiger partial charge in [-0.25, -0.2) is 0 Å². The molecule has 2 atom stereocenters. The topological polar surface area (TPSA) is 76.7 Å². The number of amides is 2. The predicted octanol–water partition coefficient (Wildman–Crippen LogP) is 4.59. The molecule has 2 N–H and O–H groups in total. The first-order valence-electron chi connectivity index (χ1n) is 10.0. The fraction of sp³-hybridized carbons (Fsp3) is 0.200. The summed E-state index contributed by atoms with van der Waals surface area (Å²) in [6.45, 7) is 3.60. The molecule has 0 saturated carbocycles. The molecule has 0 aliphatic carbocycles. The fourth-order valence-corrected chi connectivity index (χ4v) is 3.01. The van der Waals surface area contributed by atoms with Crippen LogP contribution in [0.1, 0.15) is 35.8 Å². The molecule has 0 aliphatic rings. The molecule has 0 spiro atoms. The summed E-state index contributed by atoms with van der Waals surface area (Å²) in [5, 5.41) is 5.77. The molecule has 3 aromatic carbocycles. The van der Waals surface area contributed by atoms with Crippen molar-refractivity contribution in [3.8, 4) is 11.5 Å². The summed E-state index contributed by atoms with van der Waals surface area (Å²) >= 11 is 0. The zero-order chi connectivity index (χ0) is 22.2. The Balaban J connectivity index is 1.57. The van der Waals surface area contributed by atoms with E-state index in [4.69, 9.17) is 9.47 Å². The molecule has 31 heavy (non-hydrogen) atoms. The zero-order valence-corrected chi connectivity index (χ0v) is 17.8. The highest BCUT2D eigenvalue weighted by Crippen LogP contribution is 2.27. The predicted molar refractivity (Wildman–Crippen MR) is 120 cm³/mol. The third kappa shape index (κ3) is 5.85. The average molecular weight is 418 g/mol. The summed E-state index contributed by atoms with van der Waals surface area (Å²) in [5.41, 5.74) is 2.12. The molecule has 6 heteroatoms. The lowest BCUT2D eigenvalue weighted by atomic mass is 10.1. The maximum Gasteiger partial charge on any atom is 0.265 e. The zero-order valence-electron chi connectivity index (χ0n) is 17.8. The van der Waals surface area contributed by atoms with Gasteiger partial charge >= 0.3 is 0 Å². The Bertz CT molecular complexity index is 1020. The normalized spacial score (nSPS) is 12.4. The number of rotatable bonds is 8. The van der Waals surface area contributed by atoms with E-state index >= 15 is 0 Å². The Kier molecular flexibility index (Phi) is 7.27. The lowest BCUT2D eigenvalue weighted by Gasteiger charge is -2.17. The van der Waals surface area contributed by atoms with Crippen molar-refractivity contribution in [1.82, 2.24) is 5.32 Å². The van der Waals surface area contributed by atoms with Gasteiger partial charge in [-0.15, -0.1) is 0 Å². The molecule has 2 amide bonds. The first-order valence-corrected chi connectivity index (χ1v) is 10.0. The molecule has 0 heterocycles. The molecule has 160 valence electrons. The first-order chi connectivity index (χ1) is 15.0. The van der Waals surface area contributed by atoms with Crippen LogP contribution in [-0.4, -0.2) is 25.0 Å². The van der Waals surface area contributed by atoms with Crippen molar-refractivity contribution in [2.45, 2.75) is 26.0 Å². The highest BCUT2D eigenvalue weighted by atomic mass is 16.5. The highest BCUT2D eigenvalue weighted by Gasteiger charge is 2.17. The van der Waals surface area contributed by atoms with Gasteiger partial charge in [0, 0.05) is 11.3 Å². The second kappa shape index (κ2) is 10.3. The standard InChI is InChI=1S/C25H26N2O4/c1-17(19-9-5-4-6-10-19)26-25(29)20-13-15-21(16-14-20)27-24(28)18(2)31-23-12-8-7-11-22(23)30-3/h4-18H,1-3H3,(H,26,29)(H,27,28). The van der Waals surface area contributed by atoms with Gasteiger partial charge in [0.05, 0.1) is 13.2 Å². The van der Waals surface area contributed by atoms with Crippen molar-refractivity contribution >= 4 is 17.5 Å². The molecule has 6 nitrogen and oxygen atoms in total. The van der Waals surface area contributed by atoms with Crippen LogP contribution in [0.5, 0.6) is 11.5 Å². The van der Waals surface area contributed by atoms with Crippen LogP contribution < -0.4 is 20.1 Å². The molecule has 2 unspecified atom stereocenters. The van der Waals surface area contributed by atoms with Crippen molar-refractivity contribution in [3.05, 3.63) is 90.0 Å². The van der Waals surface area contributed by atoms with Gasteiger partial charge in [-0.3, -0.25) is 9.59 Å². The third-order valence-electron chi connectivity index (χ3n) is 4.80. The smallest absolute Gasteiger partial charge is 0.265 e. The number of benzene rings is 3. The van der Waals surface area contributed by atoms with E-state index in [1.807, 2.05) is 49.4 Å². The molecular formula is C25H26N2O4. The second-order valence-corrected chi connectivity index (χ2v) is 7.08. The molecule has 0 aromatic heterocycles. The van der Waals surface area contributed by atoms with Gasteiger partial charge in [-0.05, 0) is 55.8 Å². The van der Waals surface area contributed by atoms with E-state index in [9.17, 15) is 9.59 Å². The summed E-state index contributed by atoms with van der Waals surface area (Å²) in [6, 6.07) is 23.5. The summed E-state index contributed by atoms with van der Waals surface area (Å²) in [7, 11) is 1.55. The summed E-state index contributed by atoms with van der Waals surface area (Å²) < 4.78 is 11.0. The lowest BCUT2D eigenvalue weighted by Crippen LogP contribution is -2.30. The molecule has 0 aliphatic heterocycles. The minimum Gasteiger partial charge on any atom is -0.493 e. The Morgan fingerprint density at radius 2 is 1.42 bits per heavy atom. The van der Waals surface area contributed by atoms with Gasteiger partial charge in [-0.1, -0.05) is 42.5 Å². The van der Waals surface area contributed by atoms with Gasteiger partial charge < -0.3 is 20.1 Å². The SMILES string of the molecule is COc1ccccc1OC(C)C(=O)Nc1ccc(C(=O)NC(C)c2ccccc2)cc1. The Morgan fingerprint density at radius 3 is 2.06 bits per heavy atom. The summed E-state index contributed by atoms with van der Waals surface area (Å²) in [4.78, 5) is 25.0. The van der Waals surface area contributed by atoms with Gasteiger partial charge in [0.2, 0.25) is 0 Å². The monoisotopic (exact) mass is 418 g/mol. The van der Waals surface area contributed by atoms with Crippen LogP contribution in [-0.2, 0) is 4.79 Å². The number of carbonyl (C=O) groups excluding carboxylic acids is 2. The minimum atomic E-state index is -0.731. The Hall–Kier alpha value is -3.80. The molecule has 3 aromatic rings. The van der Waals surface area contributed by atoms with Crippen molar-refractivity contribution < 1.29 is 19.1 Å². The first kappa shape index (κ1) is 21.9. The van der Waals surface area contributed by atoms with E-state index in [1.165, 1.54) is 0 Å². The number of nitrogens with one attached hydrogen (secondary N) is 2. The van der Waals surface area contributed by atoms with Crippen LogP contribution in [0, 0.1) is 0 Å². The number of anilines is 1. The third-order valence-corrected chi connectivity index (χ3v) is 4.80. The Morgan fingerprint density at radius 1 is 0.806 bits per heavy atom. The number of methoxy groups -OCH3 is 1. The molecule has 0 fully saturated rings. The lowest BCUT2D eigenvalue weighted by molar-refractivity contribution is -0.122. The largest absolute Gasteiger partial charge is 0.493 e. The van der Waals surface area contributed by atoms with E-state index < -0.39 is 6.10 Å².